The van der Waals surface area contributed by atoms with Crippen LogP contribution in [0.5, 0.6) is 0 Å². The lowest BCUT2D eigenvalue weighted by Crippen LogP contribution is -2.23. The molecule has 2 aliphatic heterocycles. The Morgan fingerprint density at radius 3 is 2.69 bits per heavy atom. The van der Waals surface area contributed by atoms with Crippen molar-refractivity contribution in [3.05, 3.63) is 0 Å². The van der Waals surface area contributed by atoms with E-state index in [9.17, 15) is 0 Å². The maximum Gasteiger partial charge on any atom is 0.00653 e. The van der Waals surface area contributed by atoms with Gasteiger partial charge in [-0.2, -0.15) is 0 Å². The summed E-state index contributed by atoms with van der Waals surface area (Å²) in [5.74, 6) is 1.91. The van der Waals surface area contributed by atoms with Gasteiger partial charge in [-0.1, -0.05) is 18.3 Å². The molecule has 2 fully saturated rings. The molecule has 0 saturated carbocycles. The van der Waals surface area contributed by atoms with Crippen LogP contribution < -0.4 is 0 Å². The summed E-state index contributed by atoms with van der Waals surface area (Å²) in [7, 11) is 6.67. The molecule has 5 heteroatoms. The van der Waals surface area contributed by atoms with E-state index in [2.05, 4.69) is 27.7 Å². The molecule has 0 aliphatic carbocycles. The molecule has 0 spiro atoms. The third kappa shape index (κ3) is 2.61. The molecule has 2 rings (SSSR count). The molecule has 0 aromatic heterocycles. The quantitative estimate of drug-likeness (QED) is 0.640. The number of rotatable bonds is 1. The maximum absolute atomic E-state index is 2.88. The van der Waals surface area contributed by atoms with Crippen LogP contribution in [0.25, 0.3) is 0 Å². The minimum atomic E-state index is 0.926. The van der Waals surface area contributed by atoms with Crippen molar-refractivity contribution >= 4 is 26.7 Å². The largest absolute Gasteiger partial charge is 0.287 e. The average Bonchev–Trinajstić information content (AvgIpc) is 2.33. The molecular weight excluding hydrogens is 217 g/mol. The van der Waals surface area contributed by atoms with Gasteiger partial charge >= 0.3 is 0 Å². The van der Waals surface area contributed by atoms with Gasteiger partial charge in [-0.3, -0.25) is 9.34 Å². The molecular formula is C8H19N2P3. The number of nitrogens with zero attached hydrogens (tertiary/aromatic N) is 2. The predicted molar refractivity (Wildman–Crippen MR) is 67.1 cm³/mol. The van der Waals surface area contributed by atoms with Crippen LogP contribution in [-0.2, 0) is 0 Å². The van der Waals surface area contributed by atoms with Crippen LogP contribution in [0.4, 0.5) is 0 Å². The normalized spacial score (nSPS) is 38.3. The molecule has 0 bridgehead atoms. The molecule has 13 heavy (non-hydrogen) atoms. The van der Waals surface area contributed by atoms with Crippen LogP contribution in [0.1, 0.15) is 12.8 Å². The second-order valence-corrected chi connectivity index (χ2v) is 6.59. The summed E-state index contributed by atoms with van der Waals surface area (Å²) >= 11 is 0. The molecule has 2 heterocycles. The van der Waals surface area contributed by atoms with Crippen LogP contribution in [-0.4, -0.2) is 35.5 Å². The van der Waals surface area contributed by atoms with Crippen molar-refractivity contribution in [2.24, 2.45) is 11.8 Å². The zero-order valence-corrected chi connectivity index (χ0v) is 11.3. The fourth-order valence-corrected chi connectivity index (χ4v) is 4.42. The van der Waals surface area contributed by atoms with E-state index < -0.39 is 0 Å². The van der Waals surface area contributed by atoms with Crippen molar-refractivity contribution in [3.63, 3.8) is 0 Å². The fourth-order valence-electron chi connectivity index (χ4n) is 2.54. The summed E-state index contributed by atoms with van der Waals surface area (Å²) in [4.78, 5) is 0. The van der Waals surface area contributed by atoms with E-state index in [1.54, 1.807) is 0 Å². The molecule has 0 amide bonds. The topological polar surface area (TPSA) is 6.48 Å². The maximum atomic E-state index is 2.88. The van der Waals surface area contributed by atoms with Crippen molar-refractivity contribution in [1.29, 1.82) is 0 Å². The summed E-state index contributed by atoms with van der Waals surface area (Å²) in [5.41, 5.74) is 0. The van der Waals surface area contributed by atoms with E-state index in [4.69, 9.17) is 0 Å². The van der Waals surface area contributed by atoms with Gasteiger partial charge in [-0.05, 0) is 33.1 Å². The molecule has 76 valence electrons. The van der Waals surface area contributed by atoms with Crippen LogP contribution in [0.15, 0.2) is 0 Å². The molecule has 5 atom stereocenters. The van der Waals surface area contributed by atoms with E-state index >= 15 is 0 Å². The van der Waals surface area contributed by atoms with Crippen molar-refractivity contribution in [3.8, 4) is 0 Å². The first-order valence-corrected chi connectivity index (χ1v) is 8.27. The highest BCUT2D eigenvalue weighted by Crippen LogP contribution is 2.37. The van der Waals surface area contributed by atoms with Gasteiger partial charge in [0.2, 0.25) is 0 Å². The fraction of sp³-hybridized carbons (Fsp3) is 1.00. The minimum Gasteiger partial charge on any atom is -0.287 e. The van der Waals surface area contributed by atoms with Crippen molar-refractivity contribution in [2.75, 3.05) is 26.2 Å². The van der Waals surface area contributed by atoms with Crippen LogP contribution in [0, 0.1) is 11.8 Å². The number of hydrogen-bond donors (Lipinski definition) is 0. The smallest absolute Gasteiger partial charge is 0.00653 e. The monoisotopic (exact) mass is 236 g/mol. The van der Waals surface area contributed by atoms with E-state index in [0.717, 1.165) is 20.3 Å². The van der Waals surface area contributed by atoms with E-state index in [0.29, 0.717) is 0 Å². The lowest BCUT2D eigenvalue weighted by atomic mass is 9.93. The van der Waals surface area contributed by atoms with Gasteiger partial charge in [-0.15, -0.1) is 0 Å². The molecule has 2 nitrogen and oxygen atoms in total. The highest BCUT2D eigenvalue weighted by molar-refractivity contribution is 8.01. The van der Waals surface area contributed by atoms with Gasteiger partial charge in [0.1, 0.15) is 0 Å². The molecule has 0 N–H and O–H groups in total. The average molecular weight is 236 g/mol. The third-order valence-corrected chi connectivity index (χ3v) is 5.53. The summed E-state index contributed by atoms with van der Waals surface area (Å²) < 4.78 is 5.03. The summed E-state index contributed by atoms with van der Waals surface area (Å²) in [6, 6.07) is 0. The lowest BCUT2D eigenvalue weighted by molar-refractivity contribution is 0.368. The lowest BCUT2D eigenvalue weighted by Gasteiger charge is -2.21. The first-order chi connectivity index (χ1) is 6.29. The molecule has 2 aliphatic rings. The van der Waals surface area contributed by atoms with Gasteiger partial charge < -0.3 is 0 Å². The van der Waals surface area contributed by atoms with E-state index in [1.807, 2.05) is 0 Å². The Bertz CT molecular complexity index is 179. The summed E-state index contributed by atoms with van der Waals surface area (Å²) in [6.07, 6.45) is 2.85. The van der Waals surface area contributed by atoms with Crippen LogP contribution in [0.2, 0.25) is 0 Å². The Morgan fingerprint density at radius 1 is 1.15 bits per heavy atom. The molecule has 0 radical (unpaired) electrons. The van der Waals surface area contributed by atoms with Crippen molar-refractivity contribution in [2.45, 2.75) is 12.8 Å². The summed E-state index contributed by atoms with van der Waals surface area (Å²) in [5, 5.41) is 0. The first kappa shape index (κ1) is 10.7. The second kappa shape index (κ2) is 4.82. The van der Waals surface area contributed by atoms with Gasteiger partial charge in [-0.25, -0.2) is 0 Å². The predicted octanol–water partition coefficient (Wildman–Crippen LogP) is 1.80. The Kier molecular flexibility index (Phi) is 3.98. The van der Waals surface area contributed by atoms with Gasteiger partial charge in [0.15, 0.2) is 0 Å². The Balaban J connectivity index is 1.96. The standard InChI is InChI=1S/C8H19N2P3/c11-9-4-7-2-1-3-10(13-12)6-8(7)5-9/h7-8,13H,1-6,11-12H2. The SMILES string of the molecule is PPN1CCCC2CN(P)CC2C1. The minimum absolute atomic E-state index is 0.926. The highest BCUT2D eigenvalue weighted by Gasteiger charge is 2.33. The molecule has 2 saturated heterocycles. The zero-order valence-electron chi connectivity index (χ0n) is 7.95. The van der Waals surface area contributed by atoms with Gasteiger partial charge in [0.25, 0.3) is 0 Å². The van der Waals surface area contributed by atoms with Gasteiger partial charge in [0.05, 0.1) is 0 Å². The molecule has 0 aromatic rings. The van der Waals surface area contributed by atoms with Crippen molar-refractivity contribution in [1.82, 2.24) is 9.34 Å². The summed E-state index contributed by atoms with van der Waals surface area (Å²) in [6.45, 7) is 5.26. The second-order valence-electron chi connectivity index (χ2n) is 4.19. The highest BCUT2D eigenvalue weighted by atomic mass is 32.0. The van der Waals surface area contributed by atoms with E-state index in [1.165, 1.54) is 39.0 Å². The van der Waals surface area contributed by atoms with Gasteiger partial charge in [0, 0.05) is 26.2 Å². The molecule has 5 unspecified atom stereocenters. The number of fused-ring (bicyclic) bond motifs is 1. The zero-order chi connectivity index (χ0) is 9.26. The van der Waals surface area contributed by atoms with Crippen LogP contribution >= 0.6 is 26.7 Å². The third-order valence-electron chi connectivity index (χ3n) is 3.25. The van der Waals surface area contributed by atoms with Crippen LogP contribution in [0.3, 0.4) is 0 Å². The number of hydrogen-bond acceptors (Lipinski definition) is 2. The molecule has 0 aromatic carbocycles. The van der Waals surface area contributed by atoms with E-state index in [-0.39, 0.29) is 0 Å². The first-order valence-electron chi connectivity index (χ1n) is 5.00. The Hall–Kier alpha value is 1.21. The Morgan fingerprint density at radius 2 is 1.92 bits per heavy atom. The Labute approximate surface area is 87.4 Å². The van der Waals surface area contributed by atoms with Crippen molar-refractivity contribution < 1.29 is 0 Å².